The average molecular weight is 294 g/mol. The molecule has 2 nitrogen and oxygen atoms in total. The summed E-state index contributed by atoms with van der Waals surface area (Å²) in [7, 11) is 0. The first-order valence-corrected chi connectivity index (χ1v) is 7.74. The molecule has 0 aliphatic rings. The molecule has 1 atom stereocenters. The van der Waals surface area contributed by atoms with Gasteiger partial charge in [0.15, 0.2) is 0 Å². The van der Waals surface area contributed by atoms with Crippen LogP contribution in [0.4, 0.5) is 0 Å². The summed E-state index contributed by atoms with van der Waals surface area (Å²) in [5, 5.41) is 3.63. The summed E-state index contributed by atoms with van der Waals surface area (Å²) in [5.41, 5.74) is 0.861. The van der Waals surface area contributed by atoms with Gasteiger partial charge in [0.2, 0.25) is 5.91 Å². The highest BCUT2D eigenvalue weighted by Gasteiger charge is 2.04. The van der Waals surface area contributed by atoms with Crippen LogP contribution in [0.15, 0.2) is 30.3 Å². The van der Waals surface area contributed by atoms with Crippen LogP contribution in [-0.2, 0) is 4.79 Å². The molecular formula is C17H24ClNO. The monoisotopic (exact) mass is 293 g/mol. The molecule has 0 bridgehead atoms. The molecule has 3 heteroatoms. The highest BCUT2D eigenvalue weighted by atomic mass is 35.5. The third-order valence-electron chi connectivity index (χ3n) is 3.20. The lowest BCUT2D eigenvalue weighted by atomic mass is 10.1. The first-order chi connectivity index (χ1) is 9.63. The van der Waals surface area contributed by atoms with E-state index in [0.29, 0.717) is 5.02 Å². The molecule has 1 amide bonds. The van der Waals surface area contributed by atoms with Gasteiger partial charge in [-0.1, -0.05) is 62.4 Å². The van der Waals surface area contributed by atoms with Crippen molar-refractivity contribution >= 4 is 23.6 Å². The van der Waals surface area contributed by atoms with Crippen LogP contribution >= 0.6 is 11.6 Å². The van der Waals surface area contributed by atoms with Crippen molar-refractivity contribution in [2.45, 2.75) is 52.0 Å². The van der Waals surface area contributed by atoms with Crippen molar-refractivity contribution in [1.29, 1.82) is 0 Å². The maximum absolute atomic E-state index is 11.8. The lowest BCUT2D eigenvalue weighted by Crippen LogP contribution is -2.30. The van der Waals surface area contributed by atoms with Gasteiger partial charge in [0.05, 0.1) is 0 Å². The number of carbonyl (C=O) groups is 1. The van der Waals surface area contributed by atoms with Gasteiger partial charge in [-0.25, -0.2) is 0 Å². The molecular weight excluding hydrogens is 270 g/mol. The van der Waals surface area contributed by atoms with E-state index in [1.807, 2.05) is 31.2 Å². The number of benzene rings is 1. The van der Waals surface area contributed by atoms with Gasteiger partial charge in [-0.15, -0.1) is 0 Å². The Bertz CT molecular complexity index is 442. The second-order valence-electron chi connectivity index (χ2n) is 5.11. The van der Waals surface area contributed by atoms with Crippen LogP contribution in [0.1, 0.15) is 51.5 Å². The van der Waals surface area contributed by atoms with Crippen LogP contribution in [0, 0.1) is 0 Å². The van der Waals surface area contributed by atoms with Crippen LogP contribution in [0.2, 0.25) is 5.02 Å². The fraction of sp³-hybridized carbons (Fsp3) is 0.471. The topological polar surface area (TPSA) is 29.1 Å². The second-order valence-corrected chi connectivity index (χ2v) is 5.52. The van der Waals surface area contributed by atoms with E-state index in [1.54, 1.807) is 12.2 Å². The van der Waals surface area contributed by atoms with E-state index in [-0.39, 0.29) is 11.9 Å². The van der Waals surface area contributed by atoms with E-state index in [9.17, 15) is 4.79 Å². The number of hydrogen-bond acceptors (Lipinski definition) is 1. The summed E-state index contributed by atoms with van der Waals surface area (Å²) >= 11 is 6.03. The van der Waals surface area contributed by atoms with E-state index >= 15 is 0 Å². The summed E-state index contributed by atoms with van der Waals surface area (Å²) in [6.07, 6.45) is 9.25. The normalized spacial score (nSPS) is 12.6. The SMILES string of the molecule is CCCCCC[C@@H](C)NC(=O)/C=C/c1ccccc1Cl. The Morgan fingerprint density at radius 3 is 2.75 bits per heavy atom. The van der Waals surface area contributed by atoms with Crippen molar-refractivity contribution in [3.8, 4) is 0 Å². The van der Waals surface area contributed by atoms with Gasteiger partial charge >= 0.3 is 0 Å². The van der Waals surface area contributed by atoms with Gasteiger partial charge < -0.3 is 5.32 Å². The molecule has 0 radical (unpaired) electrons. The highest BCUT2D eigenvalue weighted by molar-refractivity contribution is 6.32. The van der Waals surface area contributed by atoms with Crippen LogP contribution in [0.25, 0.3) is 6.08 Å². The van der Waals surface area contributed by atoms with Gasteiger partial charge in [-0.3, -0.25) is 4.79 Å². The minimum Gasteiger partial charge on any atom is -0.350 e. The number of halogens is 1. The Morgan fingerprint density at radius 2 is 2.05 bits per heavy atom. The zero-order valence-electron chi connectivity index (χ0n) is 12.4. The summed E-state index contributed by atoms with van der Waals surface area (Å²) in [4.78, 5) is 11.8. The third-order valence-corrected chi connectivity index (χ3v) is 3.54. The van der Waals surface area contributed by atoms with Crippen LogP contribution in [0.3, 0.4) is 0 Å². The Hall–Kier alpha value is -1.28. The lowest BCUT2D eigenvalue weighted by Gasteiger charge is -2.12. The fourth-order valence-corrected chi connectivity index (χ4v) is 2.21. The van der Waals surface area contributed by atoms with E-state index in [0.717, 1.165) is 12.0 Å². The molecule has 1 aromatic carbocycles. The molecule has 0 fully saturated rings. The van der Waals surface area contributed by atoms with Gasteiger partial charge in [0, 0.05) is 17.1 Å². The molecule has 0 saturated carbocycles. The predicted molar refractivity (Wildman–Crippen MR) is 86.8 cm³/mol. The van der Waals surface area contributed by atoms with E-state index in [4.69, 9.17) is 11.6 Å². The predicted octanol–water partition coefficient (Wildman–Crippen LogP) is 4.83. The third kappa shape index (κ3) is 6.76. The van der Waals surface area contributed by atoms with E-state index in [2.05, 4.69) is 12.2 Å². The van der Waals surface area contributed by atoms with Crippen LogP contribution < -0.4 is 5.32 Å². The average Bonchev–Trinajstić information content (AvgIpc) is 2.43. The molecule has 0 aliphatic heterocycles. The summed E-state index contributed by atoms with van der Waals surface area (Å²) in [5.74, 6) is -0.0621. The molecule has 0 spiro atoms. The minimum absolute atomic E-state index is 0.0621. The molecule has 0 heterocycles. The van der Waals surface area contributed by atoms with Crippen molar-refractivity contribution in [2.75, 3.05) is 0 Å². The fourth-order valence-electron chi connectivity index (χ4n) is 2.02. The Balaban J connectivity index is 2.34. The number of hydrogen-bond donors (Lipinski definition) is 1. The maximum atomic E-state index is 11.8. The number of unbranched alkanes of at least 4 members (excludes halogenated alkanes) is 3. The van der Waals surface area contributed by atoms with E-state index in [1.165, 1.54) is 25.7 Å². The molecule has 0 aliphatic carbocycles. The summed E-state index contributed by atoms with van der Waals surface area (Å²) in [6.45, 7) is 4.25. The van der Waals surface area contributed by atoms with Crippen molar-refractivity contribution in [3.63, 3.8) is 0 Å². The smallest absolute Gasteiger partial charge is 0.244 e. The van der Waals surface area contributed by atoms with Crippen molar-refractivity contribution < 1.29 is 4.79 Å². The number of nitrogens with one attached hydrogen (secondary N) is 1. The first kappa shape index (κ1) is 16.8. The van der Waals surface area contributed by atoms with Crippen LogP contribution in [-0.4, -0.2) is 11.9 Å². The van der Waals surface area contributed by atoms with Gasteiger partial charge in [0.25, 0.3) is 0 Å². The van der Waals surface area contributed by atoms with Gasteiger partial charge in [0.1, 0.15) is 0 Å². The minimum atomic E-state index is -0.0621. The number of amides is 1. The quantitative estimate of drug-likeness (QED) is 0.540. The Labute approximate surface area is 127 Å². The highest BCUT2D eigenvalue weighted by Crippen LogP contribution is 2.16. The van der Waals surface area contributed by atoms with Gasteiger partial charge in [-0.05, 0) is 31.1 Å². The molecule has 1 rings (SSSR count). The lowest BCUT2D eigenvalue weighted by molar-refractivity contribution is -0.117. The largest absolute Gasteiger partial charge is 0.350 e. The molecule has 0 saturated heterocycles. The molecule has 1 aromatic rings. The molecule has 20 heavy (non-hydrogen) atoms. The van der Waals surface area contributed by atoms with Gasteiger partial charge in [-0.2, -0.15) is 0 Å². The molecule has 0 unspecified atom stereocenters. The van der Waals surface area contributed by atoms with E-state index < -0.39 is 0 Å². The number of carbonyl (C=O) groups excluding carboxylic acids is 1. The summed E-state index contributed by atoms with van der Waals surface area (Å²) < 4.78 is 0. The summed E-state index contributed by atoms with van der Waals surface area (Å²) in [6, 6.07) is 7.70. The first-order valence-electron chi connectivity index (χ1n) is 7.36. The Morgan fingerprint density at radius 1 is 1.30 bits per heavy atom. The standard InChI is InChI=1S/C17H24ClNO/c1-3-4-5-6-9-14(2)19-17(20)13-12-15-10-7-8-11-16(15)18/h7-8,10-14H,3-6,9H2,1-2H3,(H,19,20)/b13-12+/t14-/m1/s1. The van der Waals surface area contributed by atoms with Crippen molar-refractivity contribution in [1.82, 2.24) is 5.32 Å². The molecule has 1 N–H and O–H groups in total. The van der Waals surface area contributed by atoms with Crippen LogP contribution in [0.5, 0.6) is 0 Å². The molecule has 0 aromatic heterocycles. The van der Waals surface area contributed by atoms with Crippen molar-refractivity contribution in [3.05, 3.63) is 40.9 Å². The Kier molecular flexibility index (Phi) is 8.05. The molecule has 110 valence electrons. The zero-order valence-corrected chi connectivity index (χ0v) is 13.1. The zero-order chi connectivity index (χ0) is 14.8. The number of rotatable bonds is 8. The van der Waals surface area contributed by atoms with Crippen molar-refractivity contribution in [2.24, 2.45) is 0 Å². The maximum Gasteiger partial charge on any atom is 0.244 e. The second kappa shape index (κ2) is 9.60.